The molecular formula is C10H8ClIO. The molecule has 0 fully saturated rings. The van der Waals surface area contributed by atoms with Gasteiger partial charge in [-0.2, -0.15) is 0 Å². The van der Waals surface area contributed by atoms with Gasteiger partial charge in [-0.25, -0.2) is 0 Å². The van der Waals surface area contributed by atoms with Crippen LogP contribution in [0.5, 0.6) is 0 Å². The molecule has 1 aliphatic carbocycles. The van der Waals surface area contributed by atoms with Crippen molar-refractivity contribution in [3.8, 4) is 0 Å². The number of ether oxygens (including phenoxy) is 1. The molecule has 0 saturated heterocycles. The maximum Gasteiger partial charge on any atom is 0.102 e. The maximum atomic E-state index is 5.91. The summed E-state index contributed by atoms with van der Waals surface area (Å²) in [5, 5.41) is 0.764. The van der Waals surface area contributed by atoms with Crippen molar-refractivity contribution in [3.05, 3.63) is 40.4 Å². The Morgan fingerprint density at radius 3 is 2.92 bits per heavy atom. The Morgan fingerprint density at radius 1 is 1.46 bits per heavy atom. The van der Waals surface area contributed by atoms with Crippen molar-refractivity contribution >= 4 is 37.8 Å². The fraction of sp³-hybridized carbons (Fsp3) is 0.200. The molecule has 1 aromatic rings. The van der Waals surface area contributed by atoms with Crippen LogP contribution < -0.4 is 0 Å². The van der Waals surface area contributed by atoms with E-state index in [-0.39, 0.29) is 6.10 Å². The lowest BCUT2D eigenvalue weighted by Crippen LogP contribution is -1.94. The molecule has 1 unspecified atom stereocenters. The second kappa shape index (κ2) is 3.59. The van der Waals surface area contributed by atoms with Crippen molar-refractivity contribution in [3.63, 3.8) is 0 Å². The van der Waals surface area contributed by atoms with Crippen LogP contribution in [-0.4, -0.2) is 7.11 Å². The van der Waals surface area contributed by atoms with E-state index in [1.165, 1.54) is 14.7 Å². The lowest BCUT2D eigenvalue weighted by Gasteiger charge is -2.08. The van der Waals surface area contributed by atoms with Gasteiger partial charge in [0.15, 0.2) is 0 Å². The highest BCUT2D eigenvalue weighted by Crippen LogP contribution is 2.40. The van der Waals surface area contributed by atoms with E-state index < -0.39 is 0 Å². The predicted octanol–water partition coefficient (Wildman–Crippen LogP) is 3.82. The van der Waals surface area contributed by atoms with Gasteiger partial charge in [0.1, 0.15) is 6.10 Å². The molecule has 0 amide bonds. The van der Waals surface area contributed by atoms with Crippen LogP contribution in [0.2, 0.25) is 5.02 Å². The Balaban J connectivity index is 2.53. The number of methoxy groups -OCH3 is 1. The zero-order valence-electron chi connectivity index (χ0n) is 7.05. The highest BCUT2D eigenvalue weighted by molar-refractivity contribution is 14.1. The lowest BCUT2D eigenvalue weighted by molar-refractivity contribution is 0.145. The van der Waals surface area contributed by atoms with Gasteiger partial charge in [-0.3, -0.25) is 0 Å². The SMILES string of the molecule is COC1C=C(I)c2ccc(Cl)cc21. The number of hydrogen-bond acceptors (Lipinski definition) is 1. The smallest absolute Gasteiger partial charge is 0.102 e. The first kappa shape index (κ1) is 9.49. The summed E-state index contributed by atoms with van der Waals surface area (Å²) >= 11 is 8.22. The molecular weight excluding hydrogens is 298 g/mol. The third-order valence-electron chi connectivity index (χ3n) is 2.13. The summed E-state index contributed by atoms with van der Waals surface area (Å²) in [6, 6.07) is 5.91. The first-order valence-electron chi connectivity index (χ1n) is 3.92. The van der Waals surface area contributed by atoms with Crippen molar-refractivity contribution < 1.29 is 4.74 Å². The second-order valence-corrected chi connectivity index (χ2v) is 4.50. The number of benzene rings is 1. The molecule has 1 aromatic carbocycles. The molecule has 1 aliphatic rings. The largest absolute Gasteiger partial charge is 0.373 e. The summed E-state index contributed by atoms with van der Waals surface area (Å²) in [4.78, 5) is 0. The van der Waals surface area contributed by atoms with Gasteiger partial charge in [0.25, 0.3) is 0 Å². The molecule has 0 radical (unpaired) electrons. The Labute approximate surface area is 95.9 Å². The summed E-state index contributed by atoms with van der Waals surface area (Å²) in [7, 11) is 1.71. The van der Waals surface area contributed by atoms with E-state index in [0.717, 1.165) is 5.02 Å². The molecule has 0 bridgehead atoms. The lowest BCUT2D eigenvalue weighted by atomic mass is 10.1. The number of halogens is 2. The summed E-state index contributed by atoms with van der Waals surface area (Å²) in [5.41, 5.74) is 2.40. The van der Waals surface area contributed by atoms with Crippen molar-refractivity contribution in [2.75, 3.05) is 7.11 Å². The van der Waals surface area contributed by atoms with Crippen LogP contribution in [0.3, 0.4) is 0 Å². The molecule has 0 heterocycles. The van der Waals surface area contributed by atoms with Crippen LogP contribution in [0.4, 0.5) is 0 Å². The molecule has 0 saturated carbocycles. The molecule has 2 rings (SSSR count). The molecule has 1 nitrogen and oxygen atoms in total. The number of hydrogen-bond donors (Lipinski definition) is 0. The third-order valence-corrected chi connectivity index (χ3v) is 3.30. The predicted molar refractivity (Wildman–Crippen MR) is 63.2 cm³/mol. The van der Waals surface area contributed by atoms with Crippen LogP contribution >= 0.6 is 34.2 Å². The molecule has 0 spiro atoms. The van der Waals surface area contributed by atoms with Crippen LogP contribution in [0.25, 0.3) is 3.58 Å². The van der Waals surface area contributed by atoms with Gasteiger partial charge in [0.2, 0.25) is 0 Å². The normalized spacial score (nSPS) is 19.9. The zero-order valence-corrected chi connectivity index (χ0v) is 9.96. The molecule has 0 N–H and O–H groups in total. The minimum Gasteiger partial charge on any atom is -0.373 e. The van der Waals surface area contributed by atoms with Gasteiger partial charge < -0.3 is 4.74 Å². The van der Waals surface area contributed by atoms with E-state index >= 15 is 0 Å². The van der Waals surface area contributed by atoms with Gasteiger partial charge in [0, 0.05) is 15.7 Å². The molecule has 3 heteroatoms. The van der Waals surface area contributed by atoms with Crippen LogP contribution in [0.15, 0.2) is 24.3 Å². The van der Waals surface area contributed by atoms with Crippen molar-refractivity contribution in [1.82, 2.24) is 0 Å². The van der Waals surface area contributed by atoms with Gasteiger partial charge in [-0.05, 0) is 51.9 Å². The minimum absolute atomic E-state index is 0.0700. The van der Waals surface area contributed by atoms with Gasteiger partial charge in [0.05, 0.1) is 0 Å². The highest BCUT2D eigenvalue weighted by Gasteiger charge is 2.21. The van der Waals surface area contributed by atoms with Crippen LogP contribution in [0.1, 0.15) is 17.2 Å². The molecule has 68 valence electrons. The Kier molecular flexibility index (Phi) is 2.62. The molecule has 0 aromatic heterocycles. The molecule has 1 atom stereocenters. The van der Waals surface area contributed by atoms with E-state index in [9.17, 15) is 0 Å². The standard InChI is InChI=1S/C10H8ClIO/c1-13-10-5-9(12)7-3-2-6(11)4-8(7)10/h2-5,10H,1H3. The monoisotopic (exact) mass is 306 g/mol. The van der Waals surface area contributed by atoms with E-state index in [1.54, 1.807) is 7.11 Å². The van der Waals surface area contributed by atoms with E-state index in [0.29, 0.717) is 0 Å². The quantitative estimate of drug-likeness (QED) is 0.717. The average Bonchev–Trinajstić information content (AvgIpc) is 2.42. The number of rotatable bonds is 1. The number of fused-ring (bicyclic) bond motifs is 1. The fourth-order valence-electron chi connectivity index (χ4n) is 1.49. The van der Waals surface area contributed by atoms with E-state index in [1.807, 2.05) is 18.2 Å². The summed E-state index contributed by atoms with van der Waals surface area (Å²) in [6.07, 6.45) is 2.17. The topological polar surface area (TPSA) is 9.23 Å². The second-order valence-electron chi connectivity index (χ2n) is 2.90. The fourth-order valence-corrected chi connectivity index (χ4v) is 2.49. The molecule has 0 aliphatic heterocycles. The van der Waals surface area contributed by atoms with Crippen LogP contribution in [0, 0.1) is 0 Å². The maximum absolute atomic E-state index is 5.91. The van der Waals surface area contributed by atoms with Gasteiger partial charge >= 0.3 is 0 Å². The summed E-state index contributed by atoms with van der Waals surface area (Å²) < 4.78 is 6.56. The van der Waals surface area contributed by atoms with E-state index in [4.69, 9.17) is 16.3 Å². The van der Waals surface area contributed by atoms with E-state index in [2.05, 4.69) is 28.7 Å². The minimum atomic E-state index is 0.0700. The first-order valence-corrected chi connectivity index (χ1v) is 5.38. The van der Waals surface area contributed by atoms with Crippen molar-refractivity contribution in [2.45, 2.75) is 6.10 Å². The Hall–Kier alpha value is -0.0600. The summed E-state index contributed by atoms with van der Waals surface area (Å²) in [6.45, 7) is 0. The zero-order chi connectivity index (χ0) is 9.42. The van der Waals surface area contributed by atoms with Gasteiger partial charge in [-0.1, -0.05) is 17.7 Å². The summed E-state index contributed by atoms with van der Waals surface area (Å²) in [5.74, 6) is 0. The first-order chi connectivity index (χ1) is 6.22. The van der Waals surface area contributed by atoms with Crippen molar-refractivity contribution in [1.29, 1.82) is 0 Å². The average molecular weight is 307 g/mol. The third kappa shape index (κ3) is 1.63. The van der Waals surface area contributed by atoms with Crippen LogP contribution in [-0.2, 0) is 4.74 Å². The Morgan fingerprint density at radius 2 is 2.23 bits per heavy atom. The highest BCUT2D eigenvalue weighted by atomic mass is 127. The molecule has 13 heavy (non-hydrogen) atoms. The van der Waals surface area contributed by atoms with Gasteiger partial charge in [-0.15, -0.1) is 0 Å². The Bertz CT molecular complexity index is 373. The van der Waals surface area contributed by atoms with Crippen molar-refractivity contribution in [2.24, 2.45) is 0 Å².